The average molecular weight is 1150 g/mol. The van der Waals surface area contributed by atoms with Crippen molar-refractivity contribution in [3.63, 3.8) is 0 Å². The van der Waals surface area contributed by atoms with Crippen LogP contribution in [-0.2, 0) is 27.9 Å². The van der Waals surface area contributed by atoms with Gasteiger partial charge in [0.25, 0.3) is 0 Å². The zero-order valence-electron chi connectivity index (χ0n) is 53.8. The summed E-state index contributed by atoms with van der Waals surface area (Å²) < 4.78 is 30.8. The number of likely N-dealkylation sites (N-methyl/N-ethyl adjacent to an activating group) is 1. The number of amides is 1. The molecule has 0 radical (unpaired) electrons. The van der Waals surface area contributed by atoms with Gasteiger partial charge in [0.1, 0.15) is 19.3 Å². The molecule has 0 aliphatic heterocycles. The third kappa shape index (κ3) is 61.6. The van der Waals surface area contributed by atoms with Gasteiger partial charge in [-0.25, -0.2) is 4.57 Å². The molecule has 470 valence electrons. The van der Waals surface area contributed by atoms with Gasteiger partial charge in [0.2, 0.25) is 5.91 Å². The van der Waals surface area contributed by atoms with Crippen molar-refractivity contribution in [2.24, 2.45) is 0 Å². The number of ether oxygens (including phenoxy) is 1. The number of hydrogen-bond donors (Lipinski definition) is 2. The lowest BCUT2D eigenvalue weighted by Crippen LogP contribution is -2.47. The van der Waals surface area contributed by atoms with E-state index in [1.165, 1.54) is 161 Å². The number of rotatable bonds is 61. The zero-order chi connectivity index (χ0) is 59.3. The number of unbranched alkanes of at least 4 members (excludes halogenated alkanes) is 33. The van der Waals surface area contributed by atoms with Crippen LogP contribution in [0.2, 0.25) is 0 Å². The van der Waals surface area contributed by atoms with Crippen molar-refractivity contribution in [2.75, 3.05) is 40.9 Å². The Balaban J connectivity index is 5.08. The van der Waals surface area contributed by atoms with Gasteiger partial charge in [-0.1, -0.05) is 273 Å². The number of hydrogen-bond acceptors (Lipinski definition) is 6. The van der Waals surface area contributed by atoms with E-state index < -0.39 is 20.0 Å². The number of carbonyl (C=O) groups is 2. The molecular weight excluding hydrogens is 1020 g/mol. The highest BCUT2D eigenvalue weighted by atomic mass is 31.2. The number of allylic oxidation sites excluding steroid dienone is 13. The molecular formula is C71H130N2O7P+. The fourth-order valence-corrected chi connectivity index (χ4v) is 10.3. The van der Waals surface area contributed by atoms with Gasteiger partial charge in [0.15, 0.2) is 0 Å². The van der Waals surface area contributed by atoms with Crippen molar-refractivity contribution in [1.29, 1.82) is 0 Å². The van der Waals surface area contributed by atoms with Crippen molar-refractivity contribution in [2.45, 2.75) is 315 Å². The topological polar surface area (TPSA) is 111 Å². The maximum atomic E-state index is 13.6. The third-order valence-electron chi connectivity index (χ3n) is 14.8. The second-order valence-electron chi connectivity index (χ2n) is 24.0. The van der Waals surface area contributed by atoms with Gasteiger partial charge in [0.05, 0.1) is 33.8 Å². The quantitative estimate of drug-likeness (QED) is 0.0205. The van der Waals surface area contributed by atoms with Gasteiger partial charge in [-0.3, -0.25) is 18.6 Å². The number of nitrogens with one attached hydrogen (secondary N) is 1. The minimum atomic E-state index is -4.46. The first-order valence-corrected chi connectivity index (χ1v) is 35.4. The largest absolute Gasteiger partial charge is 0.472 e. The molecule has 3 atom stereocenters. The SMILES string of the molecule is CC/C=C\C/C=C\C/C=C\C/C=C\C/C=C\CCCCCCCCCCCCCC(=O)OC(/C=C\CCCCCCCCCCCC)C(COP(=O)(O)OCC[N+](C)(C)C)NC(=O)CCCCCCC/C=C/CCCCCCCCC. The fourth-order valence-electron chi connectivity index (χ4n) is 9.61. The second-order valence-corrected chi connectivity index (χ2v) is 25.4. The first-order valence-electron chi connectivity index (χ1n) is 33.9. The lowest BCUT2D eigenvalue weighted by Gasteiger charge is -2.27. The molecule has 0 aromatic heterocycles. The van der Waals surface area contributed by atoms with Crippen LogP contribution in [0.15, 0.2) is 85.1 Å². The summed E-state index contributed by atoms with van der Waals surface area (Å²) in [5.41, 5.74) is 0. The standard InChI is InChI=1S/C71H129N2O7P/c1-7-10-13-16-19-22-25-28-30-32-33-34-35-36-37-38-39-40-41-42-44-46-49-52-55-58-61-64-71(75)80-69(62-59-56-53-50-47-27-24-21-18-15-12-9-3)68(67-79-81(76,77)78-66-65-73(4,5)6)72-70(74)63-60-57-54-51-48-45-43-31-29-26-23-20-17-14-11-8-2/h10,13,19,22,28,30-31,33-34,36-37,43,59,62,68-69H,7-9,11-12,14-18,20-21,23-27,29,32,35,38-42,44-58,60-61,63-67H2,1-6H3,(H-,72,74,76,77)/p+1/b13-10-,22-19-,30-28-,34-33-,37-36-,43-31+,62-59-. The Hall–Kier alpha value is -2.81. The van der Waals surface area contributed by atoms with E-state index in [0.717, 1.165) is 109 Å². The van der Waals surface area contributed by atoms with Crippen molar-refractivity contribution >= 4 is 19.7 Å². The van der Waals surface area contributed by atoms with E-state index in [1.807, 2.05) is 33.3 Å². The summed E-state index contributed by atoms with van der Waals surface area (Å²) in [5.74, 6) is -0.514. The molecule has 0 aromatic rings. The normalized spacial score (nSPS) is 14.1. The first-order chi connectivity index (χ1) is 39.4. The van der Waals surface area contributed by atoms with E-state index in [0.29, 0.717) is 17.4 Å². The molecule has 0 saturated heterocycles. The fraction of sp³-hybridized carbons (Fsp3) is 0.775. The number of quaternary nitrogens is 1. The number of phosphoric acid groups is 1. The smallest absolute Gasteiger partial charge is 0.456 e. The molecule has 0 fully saturated rings. The van der Waals surface area contributed by atoms with Crippen molar-refractivity contribution in [3.05, 3.63) is 85.1 Å². The predicted octanol–water partition coefficient (Wildman–Crippen LogP) is 21.3. The molecule has 81 heavy (non-hydrogen) atoms. The summed E-state index contributed by atoms with van der Waals surface area (Å²) in [6.45, 7) is 6.91. The third-order valence-corrected chi connectivity index (χ3v) is 15.8. The molecule has 0 heterocycles. The lowest BCUT2D eigenvalue weighted by atomic mass is 10.0. The monoisotopic (exact) mass is 1150 g/mol. The van der Waals surface area contributed by atoms with Crippen LogP contribution >= 0.6 is 7.82 Å². The van der Waals surface area contributed by atoms with Crippen molar-refractivity contribution in [1.82, 2.24) is 5.32 Å². The Morgan fingerprint density at radius 3 is 1.20 bits per heavy atom. The minimum Gasteiger partial charge on any atom is -0.456 e. The molecule has 0 aliphatic rings. The van der Waals surface area contributed by atoms with E-state index in [2.05, 4.69) is 99.0 Å². The summed E-state index contributed by atoms with van der Waals surface area (Å²) in [4.78, 5) is 37.8. The second kappa shape index (κ2) is 60.3. The van der Waals surface area contributed by atoms with E-state index >= 15 is 0 Å². The highest BCUT2D eigenvalue weighted by Gasteiger charge is 2.30. The summed E-state index contributed by atoms with van der Waals surface area (Å²) >= 11 is 0. The highest BCUT2D eigenvalue weighted by Crippen LogP contribution is 2.43. The molecule has 1 amide bonds. The summed E-state index contributed by atoms with van der Waals surface area (Å²) in [5, 5.41) is 3.06. The molecule has 10 heteroatoms. The zero-order valence-corrected chi connectivity index (χ0v) is 54.7. The molecule has 3 unspecified atom stereocenters. The van der Waals surface area contributed by atoms with Gasteiger partial charge >= 0.3 is 13.8 Å². The van der Waals surface area contributed by atoms with Gasteiger partial charge < -0.3 is 19.4 Å². The van der Waals surface area contributed by atoms with E-state index in [-0.39, 0.29) is 31.5 Å². The number of esters is 1. The van der Waals surface area contributed by atoms with E-state index in [4.69, 9.17) is 13.8 Å². The van der Waals surface area contributed by atoms with Crippen LogP contribution in [0, 0.1) is 0 Å². The molecule has 0 saturated carbocycles. The lowest BCUT2D eigenvalue weighted by molar-refractivity contribution is -0.870. The summed E-state index contributed by atoms with van der Waals surface area (Å²) in [6, 6.07) is -0.857. The molecule has 9 nitrogen and oxygen atoms in total. The van der Waals surface area contributed by atoms with Gasteiger partial charge in [-0.2, -0.15) is 0 Å². The van der Waals surface area contributed by atoms with Crippen LogP contribution in [0.4, 0.5) is 0 Å². The Kier molecular flexibility index (Phi) is 58.2. The summed E-state index contributed by atoms with van der Waals surface area (Å²) in [6.07, 6.45) is 80.2. The molecule has 2 N–H and O–H groups in total. The van der Waals surface area contributed by atoms with Crippen LogP contribution in [-0.4, -0.2) is 74.3 Å². The first kappa shape index (κ1) is 78.2. The van der Waals surface area contributed by atoms with Crippen molar-refractivity contribution in [3.8, 4) is 0 Å². The molecule has 0 aliphatic carbocycles. The van der Waals surface area contributed by atoms with Crippen LogP contribution in [0.3, 0.4) is 0 Å². The Morgan fingerprint density at radius 2 is 0.790 bits per heavy atom. The van der Waals surface area contributed by atoms with Gasteiger partial charge in [0, 0.05) is 12.8 Å². The van der Waals surface area contributed by atoms with Crippen LogP contribution in [0.1, 0.15) is 303 Å². The van der Waals surface area contributed by atoms with Gasteiger partial charge in [-0.15, -0.1) is 0 Å². The molecule has 0 spiro atoms. The number of carbonyl (C=O) groups excluding carboxylic acids is 2. The average Bonchev–Trinajstić information content (AvgIpc) is 3.44. The Bertz CT molecular complexity index is 1660. The minimum absolute atomic E-state index is 0.0362. The molecule has 0 bridgehead atoms. The predicted molar refractivity (Wildman–Crippen MR) is 351 cm³/mol. The highest BCUT2D eigenvalue weighted by molar-refractivity contribution is 7.47. The van der Waals surface area contributed by atoms with E-state index in [1.54, 1.807) is 0 Å². The Labute approximate surface area is 501 Å². The van der Waals surface area contributed by atoms with Crippen LogP contribution in [0.25, 0.3) is 0 Å². The molecule has 0 aromatic carbocycles. The summed E-state index contributed by atoms with van der Waals surface area (Å²) in [7, 11) is 1.49. The maximum absolute atomic E-state index is 13.6. The van der Waals surface area contributed by atoms with E-state index in [9.17, 15) is 19.0 Å². The maximum Gasteiger partial charge on any atom is 0.472 e. The van der Waals surface area contributed by atoms with Crippen LogP contribution in [0.5, 0.6) is 0 Å². The Morgan fingerprint density at radius 1 is 0.444 bits per heavy atom. The molecule has 0 rings (SSSR count). The number of phosphoric ester groups is 1. The van der Waals surface area contributed by atoms with Crippen molar-refractivity contribution < 1.29 is 37.3 Å². The number of nitrogens with zero attached hydrogens (tertiary/aromatic N) is 1. The van der Waals surface area contributed by atoms with Gasteiger partial charge in [-0.05, 0) is 102 Å². The van der Waals surface area contributed by atoms with Crippen LogP contribution < -0.4 is 5.32 Å².